The van der Waals surface area contributed by atoms with Crippen LogP contribution in [-0.2, 0) is 0 Å². The molecule has 10 aromatic rings. The van der Waals surface area contributed by atoms with Crippen molar-refractivity contribution in [3.05, 3.63) is 170 Å². The van der Waals surface area contributed by atoms with Crippen LogP contribution in [0.5, 0.6) is 0 Å². The molecule has 0 saturated carbocycles. The van der Waals surface area contributed by atoms with E-state index in [9.17, 15) is 0 Å². The molecule has 0 aliphatic rings. The Balaban J connectivity index is 1.21. The van der Waals surface area contributed by atoms with E-state index in [1.54, 1.807) is 0 Å². The Morgan fingerprint density at radius 2 is 0.900 bits per heavy atom. The number of hydrogen-bond acceptors (Lipinski definition) is 4. The fourth-order valence-corrected chi connectivity index (χ4v) is 7.16. The van der Waals surface area contributed by atoms with E-state index in [2.05, 4.69) is 138 Å². The Morgan fingerprint density at radius 3 is 1.64 bits per heavy atom. The third-order valence-electron chi connectivity index (χ3n) is 9.47. The molecule has 5 heteroatoms. The quantitative estimate of drug-likeness (QED) is 0.188. The molecule has 3 heterocycles. The average Bonchev–Trinajstić information content (AvgIpc) is 3.74. The minimum atomic E-state index is 0.559. The van der Waals surface area contributed by atoms with Crippen molar-refractivity contribution >= 4 is 43.7 Å². The Morgan fingerprint density at radius 1 is 0.380 bits per heavy atom. The molecule has 0 bridgehead atoms. The molecule has 0 aliphatic heterocycles. The molecule has 0 fully saturated rings. The van der Waals surface area contributed by atoms with Gasteiger partial charge in [-0.2, -0.15) is 9.97 Å². The van der Waals surface area contributed by atoms with Crippen molar-refractivity contribution in [3.63, 3.8) is 0 Å². The van der Waals surface area contributed by atoms with Gasteiger partial charge in [-0.1, -0.05) is 133 Å². The molecule has 7 aromatic carbocycles. The van der Waals surface area contributed by atoms with Crippen LogP contribution in [0, 0.1) is 0 Å². The number of para-hydroxylation sites is 3. The van der Waals surface area contributed by atoms with Crippen molar-refractivity contribution in [2.24, 2.45) is 0 Å². The fraction of sp³-hybridized carbons (Fsp3) is 0. The van der Waals surface area contributed by atoms with Gasteiger partial charge < -0.3 is 4.42 Å². The highest BCUT2D eigenvalue weighted by atomic mass is 16.3. The van der Waals surface area contributed by atoms with Gasteiger partial charge in [0.15, 0.2) is 11.6 Å². The van der Waals surface area contributed by atoms with E-state index in [1.165, 1.54) is 11.1 Å². The van der Waals surface area contributed by atoms with Gasteiger partial charge in [-0.15, -0.1) is 0 Å². The maximum absolute atomic E-state index is 6.28. The van der Waals surface area contributed by atoms with E-state index >= 15 is 0 Å². The first kappa shape index (κ1) is 28.2. The maximum atomic E-state index is 6.28. The number of hydrogen-bond donors (Lipinski definition) is 0. The predicted octanol–water partition coefficient (Wildman–Crippen LogP) is 11.5. The van der Waals surface area contributed by atoms with Crippen molar-refractivity contribution in [3.8, 4) is 51.0 Å². The van der Waals surface area contributed by atoms with Gasteiger partial charge in [0.2, 0.25) is 5.95 Å². The van der Waals surface area contributed by atoms with Gasteiger partial charge in [0.25, 0.3) is 0 Å². The average molecular weight is 641 g/mol. The smallest absolute Gasteiger partial charge is 0.238 e. The molecular formula is C45H28N4O. The van der Waals surface area contributed by atoms with Gasteiger partial charge in [-0.25, -0.2) is 4.98 Å². The Hall–Kier alpha value is -6.85. The molecule has 0 aliphatic carbocycles. The molecule has 0 spiro atoms. The van der Waals surface area contributed by atoms with Crippen LogP contribution in [0.4, 0.5) is 0 Å². The van der Waals surface area contributed by atoms with E-state index < -0.39 is 0 Å². The summed E-state index contributed by atoms with van der Waals surface area (Å²) in [6.07, 6.45) is 0. The summed E-state index contributed by atoms with van der Waals surface area (Å²) in [7, 11) is 0. The summed E-state index contributed by atoms with van der Waals surface area (Å²) >= 11 is 0. The highest BCUT2D eigenvalue weighted by molar-refractivity contribution is 6.12. The summed E-state index contributed by atoms with van der Waals surface area (Å²) in [6.45, 7) is 0. The summed E-state index contributed by atoms with van der Waals surface area (Å²) in [6, 6.07) is 58.6. The number of furan rings is 1. The van der Waals surface area contributed by atoms with Crippen molar-refractivity contribution in [2.75, 3.05) is 0 Å². The van der Waals surface area contributed by atoms with Crippen molar-refractivity contribution in [1.82, 2.24) is 19.5 Å². The molecule has 10 rings (SSSR count). The van der Waals surface area contributed by atoms with E-state index in [0.29, 0.717) is 17.6 Å². The van der Waals surface area contributed by atoms with Crippen LogP contribution in [-0.4, -0.2) is 19.5 Å². The van der Waals surface area contributed by atoms with E-state index in [1.807, 2.05) is 36.4 Å². The van der Waals surface area contributed by atoms with E-state index in [-0.39, 0.29) is 0 Å². The minimum absolute atomic E-state index is 0.559. The van der Waals surface area contributed by atoms with Gasteiger partial charge in [0.1, 0.15) is 11.2 Å². The molecule has 0 atom stereocenters. The summed E-state index contributed by atoms with van der Waals surface area (Å²) in [5.41, 5.74) is 10.1. The summed E-state index contributed by atoms with van der Waals surface area (Å²) in [4.78, 5) is 15.7. The van der Waals surface area contributed by atoms with Gasteiger partial charge in [0.05, 0.1) is 11.0 Å². The van der Waals surface area contributed by atoms with Crippen LogP contribution in [0.25, 0.3) is 94.7 Å². The summed E-state index contributed by atoms with van der Waals surface area (Å²) < 4.78 is 8.43. The third kappa shape index (κ3) is 4.60. The molecule has 0 radical (unpaired) electrons. The number of benzene rings is 7. The van der Waals surface area contributed by atoms with Crippen LogP contribution < -0.4 is 0 Å². The molecule has 0 saturated heterocycles. The van der Waals surface area contributed by atoms with Gasteiger partial charge in [0, 0.05) is 32.7 Å². The van der Waals surface area contributed by atoms with Crippen LogP contribution in [0.2, 0.25) is 0 Å². The molecule has 0 amide bonds. The standard InChI is InChI=1S/C45H28N4O/c1-2-13-29(14-3-1)30-15-10-16-31(27-30)32-17-11-18-33(28-32)43-46-44(37-22-12-26-41-42(37)36-21-6-9-25-40(36)50-41)48-45(47-43)49-38-23-7-4-19-34(38)35-20-5-8-24-39(35)49/h1-28H. The topological polar surface area (TPSA) is 56.7 Å². The molecule has 5 nitrogen and oxygen atoms in total. The first-order valence-electron chi connectivity index (χ1n) is 16.7. The van der Waals surface area contributed by atoms with Crippen LogP contribution in [0.1, 0.15) is 0 Å². The zero-order valence-electron chi connectivity index (χ0n) is 26.9. The zero-order valence-corrected chi connectivity index (χ0v) is 26.9. The second kappa shape index (κ2) is 11.4. The van der Waals surface area contributed by atoms with Crippen LogP contribution >= 0.6 is 0 Å². The lowest BCUT2D eigenvalue weighted by Gasteiger charge is -2.12. The number of rotatable bonds is 5. The van der Waals surface area contributed by atoms with E-state index in [0.717, 1.165) is 66.0 Å². The largest absolute Gasteiger partial charge is 0.456 e. The second-order valence-electron chi connectivity index (χ2n) is 12.5. The van der Waals surface area contributed by atoms with Crippen molar-refractivity contribution in [1.29, 1.82) is 0 Å². The van der Waals surface area contributed by atoms with E-state index in [4.69, 9.17) is 19.4 Å². The lowest BCUT2D eigenvalue weighted by Crippen LogP contribution is -2.06. The van der Waals surface area contributed by atoms with Crippen molar-refractivity contribution < 1.29 is 4.42 Å². The SMILES string of the molecule is c1ccc(-c2cccc(-c3cccc(-c4nc(-c5cccc6oc7ccccc7c56)nc(-n5c6ccccc6c6ccccc65)n4)c3)c2)cc1. The lowest BCUT2D eigenvalue weighted by molar-refractivity contribution is 0.669. The molecular weight excluding hydrogens is 613 g/mol. The highest BCUT2D eigenvalue weighted by Crippen LogP contribution is 2.38. The fourth-order valence-electron chi connectivity index (χ4n) is 7.16. The third-order valence-corrected chi connectivity index (χ3v) is 9.47. The maximum Gasteiger partial charge on any atom is 0.238 e. The zero-order chi connectivity index (χ0) is 33.0. The molecule has 234 valence electrons. The Kier molecular flexibility index (Phi) is 6.42. The number of fused-ring (bicyclic) bond motifs is 6. The first-order valence-corrected chi connectivity index (χ1v) is 16.7. The van der Waals surface area contributed by atoms with Gasteiger partial charge >= 0.3 is 0 Å². The number of nitrogens with zero attached hydrogens (tertiary/aromatic N) is 4. The minimum Gasteiger partial charge on any atom is -0.456 e. The predicted molar refractivity (Wildman–Crippen MR) is 203 cm³/mol. The normalized spacial score (nSPS) is 11.6. The van der Waals surface area contributed by atoms with Crippen LogP contribution in [0.15, 0.2) is 174 Å². The Labute approximate surface area is 287 Å². The molecule has 3 aromatic heterocycles. The molecule has 0 N–H and O–H groups in total. The van der Waals surface area contributed by atoms with Gasteiger partial charge in [-0.05, 0) is 58.7 Å². The Bertz CT molecular complexity index is 2830. The van der Waals surface area contributed by atoms with Crippen LogP contribution in [0.3, 0.4) is 0 Å². The first-order chi connectivity index (χ1) is 24.8. The highest BCUT2D eigenvalue weighted by Gasteiger charge is 2.20. The second-order valence-corrected chi connectivity index (χ2v) is 12.5. The molecule has 50 heavy (non-hydrogen) atoms. The van der Waals surface area contributed by atoms with Crippen molar-refractivity contribution in [2.45, 2.75) is 0 Å². The number of aromatic nitrogens is 4. The van der Waals surface area contributed by atoms with Gasteiger partial charge in [-0.3, -0.25) is 4.57 Å². The monoisotopic (exact) mass is 640 g/mol. The summed E-state index contributed by atoms with van der Waals surface area (Å²) in [5, 5.41) is 4.31. The lowest BCUT2D eigenvalue weighted by atomic mass is 9.98. The summed E-state index contributed by atoms with van der Waals surface area (Å²) in [5.74, 6) is 1.74. The molecule has 0 unspecified atom stereocenters.